The van der Waals surface area contributed by atoms with E-state index in [2.05, 4.69) is 4.74 Å². The van der Waals surface area contributed by atoms with E-state index in [1.807, 2.05) is 0 Å². The van der Waals surface area contributed by atoms with Gasteiger partial charge in [-0.2, -0.15) is 0 Å². The molecule has 3 aromatic rings. The molecule has 0 radical (unpaired) electrons. The Morgan fingerprint density at radius 2 is 1.82 bits per heavy atom. The predicted octanol–water partition coefficient (Wildman–Crippen LogP) is 4.44. The standard InChI is InChI=1S/C20H16F3NO3S/c1-11-14-8-13(21)4-6-17(14)28-19(11)20(26)24(10-18(25)27-2)9-12-3-5-15(22)16(23)7-12/h3-8H,9-10H2,1-2H3. The Balaban J connectivity index is 1.97. The number of ether oxygens (including phenoxy) is 1. The summed E-state index contributed by atoms with van der Waals surface area (Å²) in [6.07, 6.45) is 0. The maximum atomic E-state index is 13.5. The first-order chi connectivity index (χ1) is 13.3. The van der Waals surface area contributed by atoms with Crippen LogP contribution in [0.2, 0.25) is 0 Å². The van der Waals surface area contributed by atoms with Gasteiger partial charge in [-0.05, 0) is 53.8 Å². The number of thiophene rings is 1. The van der Waals surface area contributed by atoms with Crippen LogP contribution in [0.4, 0.5) is 13.2 Å². The molecule has 0 saturated carbocycles. The van der Waals surface area contributed by atoms with Crippen molar-refractivity contribution in [3.63, 3.8) is 0 Å². The van der Waals surface area contributed by atoms with Crippen molar-refractivity contribution in [2.24, 2.45) is 0 Å². The van der Waals surface area contributed by atoms with Crippen LogP contribution in [0, 0.1) is 24.4 Å². The third-order valence-corrected chi connectivity index (χ3v) is 5.55. The Kier molecular flexibility index (Phi) is 5.69. The second kappa shape index (κ2) is 8.02. The van der Waals surface area contributed by atoms with Gasteiger partial charge in [0.1, 0.15) is 12.4 Å². The zero-order valence-electron chi connectivity index (χ0n) is 15.1. The SMILES string of the molecule is COC(=O)CN(Cc1ccc(F)c(F)c1)C(=O)c1sc2ccc(F)cc2c1C. The minimum absolute atomic E-state index is 0.118. The maximum absolute atomic E-state index is 13.5. The number of aryl methyl sites for hydroxylation is 1. The van der Waals surface area contributed by atoms with Crippen molar-refractivity contribution in [3.8, 4) is 0 Å². The van der Waals surface area contributed by atoms with E-state index in [4.69, 9.17) is 0 Å². The number of nitrogens with zero attached hydrogens (tertiary/aromatic N) is 1. The van der Waals surface area contributed by atoms with E-state index in [1.165, 1.54) is 41.5 Å². The molecule has 0 saturated heterocycles. The average Bonchev–Trinajstić information content (AvgIpc) is 2.99. The monoisotopic (exact) mass is 407 g/mol. The van der Waals surface area contributed by atoms with Gasteiger partial charge in [0.2, 0.25) is 0 Å². The highest BCUT2D eigenvalue weighted by Crippen LogP contribution is 2.32. The number of rotatable bonds is 5. The Morgan fingerprint density at radius 3 is 2.50 bits per heavy atom. The van der Waals surface area contributed by atoms with Gasteiger partial charge in [0, 0.05) is 11.2 Å². The number of fused-ring (bicyclic) bond motifs is 1. The predicted molar refractivity (Wildman–Crippen MR) is 99.6 cm³/mol. The fourth-order valence-corrected chi connectivity index (χ4v) is 3.98. The fourth-order valence-electron chi connectivity index (χ4n) is 2.82. The minimum Gasteiger partial charge on any atom is -0.468 e. The van der Waals surface area contributed by atoms with Crippen LogP contribution in [0.3, 0.4) is 0 Å². The summed E-state index contributed by atoms with van der Waals surface area (Å²) in [6.45, 7) is 1.21. The van der Waals surface area contributed by atoms with E-state index in [-0.39, 0.29) is 13.1 Å². The normalized spacial score (nSPS) is 10.9. The van der Waals surface area contributed by atoms with E-state index in [0.29, 0.717) is 21.4 Å². The van der Waals surface area contributed by atoms with Gasteiger partial charge in [0.15, 0.2) is 11.6 Å². The lowest BCUT2D eigenvalue weighted by atomic mass is 10.1. The van der Waals surface area contributed by atoms with Gasteiger partial charge in [-0.1, -0.05) is 6.07 Å². The third kappa shape index (κ3) is 4.01. The molecule has 146 valence electrons. The molecule has 1 amide bonds. The zero-order chi connectivity index (χ0) is 20.4. The second-order valence-electron chi connectivity index (χ2n) is 6.18. The molecule has 1 aromatic heterocycles. The molecule has 0 aliphatic heterocycles. The summed E-state index contributed by atoms with van der Waals surface area (Å²) < 4.78 is 45.6. The van der Waals surface area contributed by atoms with Gasteiger partial charge in [0.25, 0.3) is 5.91 Å². The summed E-state index contributed by atoms with van der Waals surface area (Å²) in [5, 5.41) is 0.610. The molecular weight excluding hydrogens is 391 g/mol. The molecule has 0 aliphatic carbocycles. The Bertz CT molecular complexity index is 1060. The van der Waals surface area contributed by atoms with Crippen molar-refractivity contribution >= 4 is 33.3 Å². The summed E-state index contributed by atoms with van der Waals surface area (Å²) in [5.41, 5.74) is 0.908. The van der Waals surface area contributed by atoms with Crippen LogP contribution in [0.15, 0.2) is 36.4 Å². The molecule has 0 unspecified atom stereocenters. The Labute approximate surface area is 163 Å². The van der Waals surface area contributed by atoms with Crippen LogP contribution in [0.1, 0.15) is 20.8 Å². The number of carbonyl (C=O) groups is 2. The molecule has 3 rings (SSSR count). The van der Waals surface area contributed by atoms with Gasteiger partial charge in [0.05, 0.1) is 12.0 Å². The molecule has 0 bridgehead atoms. The van der Waals surface area contributed by atoms with Gasteiger partial charge >= 0.3 is 5.97 Å². The first-order valence-electron chi connectivity index (χ1n) is 8.29. The summed E-state index contributed by atoms with van der Waals surface area (Å²) in [6, 6.07) is 7.50. The Morgan fingerprint density at radius 1 is 1.07 bits per heavy atom. The van der Waals surface area contributed by atoms with Crippen LogP contribution in [-0.2, 0) is 16.1 Å². The van der Waals surface area contributed by atoms with Gasteiger partial charge < -0.3 is 9.64 Å². The van der Waals surface area contributed by atoms with Crippen molar-refractivity contribution in [1.29, 1.82) is 0 Å². The lowest BCUT2D eigenvalue weighted by molar-refractivity contribution is -0.141. The zero-order valence-corrected chi connectivity index (χ0v) is 15.9. The number of halogens is 3. The summed E-state index contributed by atoms with van der Waals surface area (Å²) in [4.78, 5) is 26.4. The summed E-state index contributed by atoms with van der Waals surface area (Å²) in [5.74, 6) is -3.59. The van der Waals surface area contributed by atoms with Crippen LogP contribution in [-0.4, -0.2) is 30.4 Å². The highest BCUT2D eigenvalue weighted by Gasteiger charge is 2.24. The summed E-state index contributed by atoms with van der Waals surface area (Å²) >= 11 is 1.18. The van der Waals surface area contributed by atoms with Crippen molar-refractivity contribution in [1.82, 2.24) is 4.90 Å². The lowest BCUT2D eigenvalue weighted by Crippen LogP contribution is -2.35. The number of hydrogen-bond acceptors (Lipinski definition) is 4. The van der Waals surface area contributed by atoms with Gasteiger partial charge in [-0.25, -0.2) is 13.2 Å². The van der Waals surface area contributed by atoms with Crippen molar-refractivity contribution in [2.75, 3.05) is 13.7 Å². The topological polar surface area (TPSA) is 46.6 Å². The van der Waals surface area contributed by atoms with Crippen LogP contribution >= 0.6 is 11.3 Å². The third-order valence-electron chi connectivity index (χ3n) is 4.28. The minimum atomic E-state index is -1.04. The molecule has 2 aromatic carbocycles. The van der Waals surface area contributed by atoms with Crippen LogP contribution in [0.5, 0.6) is 0 Å². The Hall–Kier alpha value is -2.87. The average molecular weight is 407 g/mol. The molecule has 28 heavy (non-hydrogen) atoms. The molecule has 0 spiro atoms. The van der Waals surface area contributed by atoms with E-state index < -0.39 is 29.3 Å². The van der Waals surface area contributed by atoms with Crippen molar-refractivity contribution in [3.05, 3.63) is 69.9 Å². The van der Waals surface area contributed by atoms with E-state index in [1.54, 1.807) is 13.0 Å². The smallest absolute Gasteiger partial charge is 0.325 e. The highest BCUT2D eigenvalue weighted by molar-refractivity contribution is 7.21. The van der Waals surface area contributed by atoms with Gasteiger partial charge in [-0.3, -0.25) is 9.59 Å². The molecule has 0 fully saturated rings. The van der Waals surface area contributed by atoms with E-state index in [0.717, 1.165) is 16.8 Å². The number of methoxy groups -OCH3 is 1. The van der Waals surface area contributed by atoms with E-state index >= 15 is 0 Å². The molecule has 0 aliphatic rings. The molecule has 0 atom stereocenters. The molecular formula is C20H16F3NO3S. The van der Waals surface area contributed by atoms with Crippen molar-refractivity contribution in [2.45, 2.75) is 13.5 Å². The van der Waals surface area contributed by atoms with Crippen molar-refractivity contribution < 1.29 is 27.5 Å². The number of amides is 1. The molecule has 8 heteroatoms. The number of hydrogen-bond donors (Lipinski definition) is 0. The number of benzene rings is 2. The lowest BCUT2D eigenvalue weighted by Gasteiger charge is -2.21. The van der Waals surface area contributed by atoms with E-state index in [9.17, 15) is 22.8 Å². The van der Waals surface area contributed by atoms with Gasteiger partial charge in [-0.15, -0.1) is 11.3 Å². The maximum Gasteiger partial charge on any atom is 0.325 e. The number of esters is 1. The number of carbonyl (C=O) groups excluding carboxylic acids is 2. The first-order valence-corrected chi connectivity index (χ1v) is 9.10. The molecule has 4 nitrogen and oxygen atoms in total. The first kappa shape index (κ1) is 19.9. The quantitative estimate of drug-likeness (QED) is 0.588. The highest BCUT2D eigenvalue weighted by atomic mass is 32.1. The van der Waals surface area contributed by atoms with Crippen LogP contribution in [0.25, 0.3) is 10.1 Å². The molecule has 1 heterocycles. The summed E-state index contributed by atoms with van der Waals surface area (Å²) in [7, 11) is 1.19. The van der Waals surface area contributed by atoms with Crippen LogP contribution < -0.4 is 0 Å². The molecule has 0 N–H and O–H groups in total. The largest absolute Gasteiger partial charge is 0.468 e. The second-order valence-corrected chi connectivity index (χ2v) is 7.23. The fraction of sp³-hybridized carbons (Fsp3) is 0.200.